The van der Waals surface area contributed by atoms with E-state index in [2.05, 4.69) is 22.8 Å². The molecule has 1 fully saturated rings. The monoisotopic (exact) mass is 260 g/mol. The maximum absolute atomic E-state index is 4.53. The van der Waals surface area contributed by atoms with Gasteiger partial charge in [-0.15, -0.1) is 10.2 Å². The van der Waals surface area contributed by atoms with E-state index in [0.29, 0.717) is 5.41 Å². The second-order valence-electron chi connectivity index (χ2n) is 4.21. The largest absolute Gasteiger partial charge is 0.179 e. The van der Waals surface area contributed by atoms with Gasteiger partial charge in [-0.1, -0.05) is 42.4 Å². The van der Waals surface area contributed by atoms with Gasteiger partial charge in [0.25, 0.3) is 0 Å². The fourth-order valence-corrected chi connectivity index (χ4v) is 4.45. The van der Waals surface area contributed by atoms with Crippen LogP contribution in [-0.4, -0.2) is 21.7 Å². The number of aromatic nitrogens is 2. The summed E-state index contributed by atoms with van der Waals surface area (Å²) in [5.41, 5.74) is 2.26. The van der Waals surface area contributed by atoms with E-state index in [1.54, 1.807) is 16.8 Å². The first-order valence-corrected chi connectivity index (χ1v) is 7.84. The molecular weight excluding hydrogens is 244 g/mol. The number of thiol groups is 1. The second kappa shape index (κ2) is 5.55. The van der Waals surface area contributed by atoms with Crippen LogP contribution in [0, 0.1) is 5.41 Å². The highest BCUT2D eigenvalue weighted by Crippen LogP contribution is 2.41. The molecule has 0 aliphatic heterocycles. The Kier molecular flexibility index (Phi) is 4.34. The molecule has 2 nitrogen and oxygen atoms in total. The van der Waals surface area contributed by atoms with Crippen LogP contribution >= 0.6 is 35.7 Å². The van der Waals surface area contributed by atoms with Gasteiger partial charge in [0.2, 0.25) is 0 Å². The number of rotatable bonds is 4. The Balaban J connectivity index is 1.89. The van der Waals surface area contributed by atoms with E-state index in [4.69, 9.17) is 0 Å². The van der Waals surface area contributed by atoms with E-state index < -0.39 is 0 Å². The van der Waals surface area contributed by atoms with Crippen molar-refractivity contribution in [1.29, 1.82) is 0 Å². The third kappa shape index (κ3) is 3.11. The molecule has 0 unspecified atom stereocenters. The zero-order chi connectivity index (χ0) is 10.6. The lowest BCUT2D eigenvalue weighted by Crippen LogP contribution is -2.28. The molecule has 1 aromatic rings. The van der Waals surface area contributed by atoms with Crippen LogP contribution in [0.1, 0.15) is 32.1 Å². The van der Waals surface area contributed by atoms with E-state index >= 15 is 0 Å². The first kappa shape index (κ1) is 11.7. The maximum atomic E-state index is 4.53. The quantitative estimate of drug-likeness (QED) is 0.662. The van der Waals surface area contributed by atoms with Crippen LogP contribution in [0.2, 0.25) is 0 Å². The Hall–Kier alpha value is 0.260. The molecule has 0 saturated heterocycles. The number of hydrogen-bond acceptors (Lipinski definition) is 5. The lowest BCUT2D eigenvalue weighted by atomic mass is 9.77. The van der Waals surface area contributed by atoms with Gasteiger partial charge in [-0.2, -0.15) is 12.6 Å². The van der Waals surface area contributed by atoms with E-state index in [1.165, 1.54) is 32.1 Å². The predicted octanol–water partition coefficient (Wildman–Crippen LogP) is 3.51. The number of nitrogens with zero attached hydrogens (tertiary/aromatic N) is 2. The van der Waals surface area contributed by atoms with Gasteiger partial charge >= 0.3 is 0 Å². The molecular formula is C10H16N2S3. The molecule has 0 amide bonds. The van der Waals surface area contributed by atoms with Crippen LogP contribution in [0.15, 0.2) is 9.85 Å². The van der Waals surface area contributed by atoms with E-state index in [0.717, 1.165) is 15.8 Å². The average Bonchev–Trinajstić information content (AvgIpc) is 2.81. The molecule has 5 heteroatoms. The number of hydrogen-bond donors (Lipinski definition) is 1. The molecule has 1 heterocycles. The van der Waals surface area contributed by atoms with Crippen LogP contribution in [0.5, 0.6) is 0 Å². The van der Waals surface area contributed by atoms with Crippen LogP contribution in [-0.2, 0) is 0 Å². The third-order valence-corrected chi connectivity index (χ3v) is 5.97. The molecule has 0 aromatic carbocycles. The molecule has 15 heavy (non-hydrogen) atoms. The van der Waals surface area contributed by atoms with Crippen LogP contribution in [0.4, 0.5) is 0 Å². The SMILES string of the molecule is SCC1(CSc2nncs2)CCCCC1. The van der Waals surface area contributed by atoms with Crippen molar-refractivity contribution < 1.29 is 0 Å². The predicted molar refractivity (Wildman–Crippen MR) is 70.0 cm³/mol. The zero-order valence-electron chi connectivity index (χ0n) is 8.69. The van der Waals surface area contributed by atoms with E-state index in [-0.39, 0.29) is 0 Å². The molecule has 0 atom stereocenters. The molecule has 84 valence electrons. The fraction of sp³-hybridized carbons (Fsp3) is 0.800. The Bertz CT molecular complexity index is 281. The van der Waals surface area contributed by atoms with Crippen molar-refractivity contribution in [2.45, 2.75) is 36.4 Å². The van der Waals surface area contributed by atoms with Crippen LogP contribution < -0.4 is 0 Å². The fourth-order valence-electron chi connectivity index (χ4n) is 2.09. The molecule has 0 spiro atoms. The standard InChI is InChI=1S/C10H16N2S3/c13-6-10(4-2-1-3-5-10)7-14-9-12-11-8-15-9/h8,13H,1-7H2. The van der Waals surface area contributed by atoms with Gasteiger partial charge in [-0.25, -0.2) is 0 Å². The summed E-state index contributed by atoms with van der Waals surface area (Å²) < 4.78 is 1.10. The molecule has 1 aliphatic rings. The summed E-state index contributed by atoms with van der Waals surface area (Å²) in [6.45, 7) is 0. The molecule has 2 rings (SSSR count). The first-order chi connectivity index (χ1) is 7.35. The van der Waals surface area contributed by atoms with Gasteiger partial charge in [0, 0.05) is 5.75 Å². The Morgan fingerprint density at radius 2 is 2.20 bits per heavy atom. The average molecular weight is 260 g/mol. The van der Waals surface area contributed by atoms with Crippen molar-refractivity contribution in [3.63, 3.8) is 0 Å². The normalized spacial score (nSPS) is 20.3. The topological polar surface area (TPSA) is 25.8 Å². The van der Waals surface area contributed by atoms with Gasteiger partial charge in [0.05, 0.1) is 0 Å². The van der Waals surface area contributed by atoms with Crippen molar-refractivity contribution in [3.8, 4) is 0 Å². The van der Waals surface area contributed by atoms with E-state index in [9.17, 15) is 0 Å². The lowest BCUT2D eigenvalue weighted by Gasteiger charge is -2.35. The minimum Gasteiger partial charge on any atom is -0.179 e. The van der Waals surface area contributed by atoms with Crippen molar-refractivity contribution in [1.82, 2.24) is 10.2 Å². The summed E-state index contributed by atoms with van der Waals surface area (Å²) in [7, 11) is 0. The summed E-state index contributed by atoms with van der Waals surface area (Å²) in [6, 6.07) is 0. The van der Waals surface area contributed by atoms with Crippen molar-refractivity contribution in [2.75, 3.05) is 11.5 Å². The third-order valence-electron chi connectivity index (χ3n) is 3.09. The summed E-state index contributed by atoms with van der Waals surface area (Å²) in [5.74, 6) is 2.17. The molecule has 0 N–H and O–H groups in total. The zero-order valence-corrected chi connectivity index (χ0v) is 11.2. The van der Waals surface area contributed by atoms with Crippen LogP contribution in [0.25, 0.3) is 0 Å². The Morgan fingerprint density at radius 3 is 2.80 bits per heavy atom. The van der Waals surface area contributed by atoms with Crippen molar-refractivity contribution >= 4 is 35.7 Å². The molecule has 1 aromatic heterocycles. The minimum atomic E-state index is 0.456. The molecule has 1 aliphatic carbocycles. The summed E-state index contributed by atoms with van der Waals surface area (Å²) >= 11 is 8.02. The van der Waals surface area contributed by atoms with E-state index in [1.807, 2.05) is 11.8 Å². The van der Waals surface area contributed by atoms with Gasteiger partial charge in [0.15, 0.2) is 4.34 Å². The van der Waals surface area contributed by atoms with Gasteiger partial charge < -0.3 is 0 Å². The van der Waals surface area contributed by atoms with Gasteiger partial charge in [-0.05, 0) is 24.0 Å². The highest BCUT2D eigenvalue weighted by molar-refractivity contribution is 8.01. The smallest absolute Gasteiger partial charge is 0.174 e. The summed E-state index contributed by atoms with van der Waals surface area (Å²) in [4.78, 5) is 0. The highest BCUT2D eigenvalue weighted by Gasteiger charge is 2.30. The molecule has 0 bridgehead atoms. The van der Waals surface area contributed by atoms with Crippen molar-refractivity contribution in [3.05, 3.63) is 5.51 Å². The van der Waals surface area contributed by atoms with Crippen molar-refractivity contribution in [2.24, 2.45) is 5.41 Å². The minimum absolute atomic E-state index is 0.456. The van der Waals surface area contributed by atoms with Gasteiger partial charge in [-0.3, -0.25) is 0 Å². The molecule has 1 saturated carbocycles. The first-order valence-electron chi connectivity index (χ1n) is 5.34. The maximum Gasteiger partial charge on any atom is 0.174 e. The summed E-state index contributed by atoms with van der Waals surface area (Å²) in [6.07, 6.45) is 6.82. The second-order valence-corrected chi connectivity index (χ2v) is 6.58. The van der Waals surface area contributed by atoms with Gasteiger partial charge in [0.1, 0.15) is 5.51 Å². The Morgan fingerprint density at radius 1 is 1.40 bits per heavy atom. The molecule has 0 radical (unpaired) electrons. The van der Waals surface area contributed by atoms with Crippen LogP contribution in [0.3, 0.4) is 0 Å². The summed E-state index contributed by atoms with van der Waals surface area (Å²) in [5, 5.41) is 7.94. The number of thioether (sulfide) groups is 1. The Labute approximate surface area is 105 Å². The lowest BCUT2D eigenvalue weighted by molar-refractivity contribution is 0.259. The highest BCUT2D eigenvalue weighted by atomic mass is 32.2.